The Hall–Kier alpha value is -2.54. The third-order valence-electron chi connectivity index (χ3n) is 6.63. The summed E-state index contributed by atoms with van der Waals surface area (Å²) >= 11 is 12.1. The van der Waals surface area contributed by atoms with Crippen LogP contribution >= 0.6 is 23.2 Å². The van der Waals surface area contributed by atoms with E-state index in [0.29, 0.717) is 6.54 Å². The van der Waals surface area contributed by atoms with Crippen LogP contribution in [0, 0.1) is 5.92 Å². The molecule has 5 rings (SSSR count). The molecule has 0 atom stereocenters. The van der Waals surface area contributed by atoms with E-state index in [2.05, 4.69) is 29.3 Å². The Morgan fingerprint density at radius 3 is 2.43 bits per heavy atom. The Bertz CT molecular complexity index is 1200. The lowest BCUT2D eigenvalue weighted by molar-refractivity contribution is 0.218. The SMILES string of the molecule is CN(C)CC1CCCCC1.CN1Cc2cnc3ccc(-c4cc(Cl)c(O)c(Cl)c4)cc3c2NC1=O. The van der Waals surface area contributed by atoms with Crippen molar-refractivity contribution in [2.75, 3.05) is 33.0 Å². The fourth-order valence-corrected chi connectivity index (χ4v) is 5.32. The maximum atomic E-state index is 12.0. The van der Waals surface area contributed by atoms with Crippen molar-refractivity contribution in [2.24, 2.45) is 5.92 Å². The quantitative estimate of drug-likeness (QED) is 0.393. The molecule has 0 spiro atoms. The molecule has 1 saturated carbocycles. The maximum Gasteiger partial charge on any atom is 0.321 e. The molecule has 0 unspecified atom stereocenters. The number of carbonyl (C=O) groups excluding carboxylic acids is 1. The number of hydrogen-bond acceptors (Lipinski definition) is 4. The summed E-state index contributed by atoms with van der Waals surface area (Å²) in [4.78, 5) is 20.4. The van der Waals surface area contributed by atoms with E-state index in [1.54, 1.807) is 30.3 Å². The third-order valence-corrected chi connectivity index (χ3v) is 7.21. The molecule has 3 aromatic rings. The maximum absolute atomic E-state index is 12.0. The highest BCUT2D eigenvalue weighted by molar-refractivity contribution is 6.37. The van der Waals surface area contributed by atoms with Crippen LogP contribution in [0.2, 0.25) is 10.0 Å². The molecule has 2 N–H and O–H groups in total. The highest BCUT2D eigenvalue weighted by Gasteiger charge is 2.22. The Morgan fingerprint density at radius 2 is 1.77 bits per heavy atom. The average molecular weight is 515 g/mol. The number of nitrogens with zero attached hydrogens (tertiary/aromatic N) is 3. The first-order valence-corrected chi connectivity index (χ1v) is 12.8. The van der Waals surface area contributed by atoms with E-state index in [1.165, 1.54) is 38.6 Å². The second kappa shape index (κ2) is 11.0. The molecular weight excluding hydrogens is 483 g/mol. The van der Waals surface area contributed by atoms with Crippen LogP contribution in [0.3, 0.4) is 0 Å². The molecule has 2 heterocycles. The van der Waals surface area contributed by atoms with Crippen LogP contribution in [0.4, 0.5) is 10.5 Å². The molecule has 1 aromatic heterocycles. The van der Waals surface area contributed by atoms with Crippen molar-refractivity contribution >= 4 is 45.8 Å². The molecular formula is C27H32Cl2N4O2. The molecule has 1 fully saturated rings. The van der Waals surface area contributed by atoms with Gasteiger partial charge in [0.05, 0.1) is 27.8 Å². The Morgan fingerprint density at radius 1 is 1.09 bits per heavy atom. The van der Waals surface area contributed by atoms with Crippen molar-refractivity contribution in [3.63, 3.8) is 0 Å². The van der Waals surface area contributed by atoms with Crippen LogP contribution < -0.4 is 5.32 Å². The number of nitrogens with one attached hydrogen (secondary N) is 1. The largest absolute Gasteiger partial charge is 0.505 e. The third kappa shape index (κ3) is 6.00. The van der Waals surface area contributed by atoms with Gasteiger partial charge in [-0.05, 0) is 68.2 Å². The first-order chi connectivity index (χ1) is 16.7. The smallest absolute Gasteiger partial charge is 0.321 e. The van der Waals surface area contributed by atoms with Crippen molar-refractivity contribution in [1.82, 2.24) is 14.8 Å². The summed E-state index contributed by atoms with van der Waals surface area (Å²) in [7, 11) is 6.09. The molecule has 8 heteroatoms. The lowest BCUT2D eigenvalue weighted by atomic mass is 9.89. The number of fused-ring (bicyclic) bond motifs is 3. The van der Waals surface area contributed by atoms with E-state index in [-0.39, 0.29) is 21.8 Å². The van der Waals surface area contributed by atoms with E-state index in [9.17, 15) is 9.90 Å². The van der Waals surface area contributed by atoms with Crippen LogP contribution in [0.25, 0.3) is 22.0 Å². The second-order valence-corrected chi connectivity index (χ2v) is 10.5. The minimum atomic E-state index is -0.152. The van der Waals surface area contributed by atoms with E-state index < -0.39 is 0 Å². The zero-order valence-electron chi connectivity index (χ0n) is 20.4. The first-order valence-electron chi connectivity index (χ1n) is 12.0. The molecule has 186 valence electrons. The van der Waals surface area contributed by atoms with E-state index in [4.69, 9.17) is 23.2 Å². The summed E-state index contributed by atoms with van der Waals surface area (Å²) in [6.45, 7) is 1.81. The lowest BCUT2D eigenvalue weighted by Crippen LogP contribution is -2.35. The van der Waals surface area contributed by atoms with Gasteiger partial charge in [-0.1, -0.05) is 48.5 Å². The number of pyridine rings is 1. The number of hydrogen-bond donors (Lipinski definition) is 2. The van der Waals surface area contributed by atoms with Gasteiger partial charge in [0.2, 0.25) is 0 Å². The minimum Gasteiger partial charge on any atom is -0.505 e. The fourth-order valence-electron chi connectivity index (χ4n) is 4.83. The Labute approximate surface area is 216 Å². The van der Waals surface area contributed by atoms with Crippen molar-refractivity contribution in [1.29, 1.82) is 0 Å². The van der Waals surface area contributed by atoms with E-state index in [0.717, 1.165) is 39.2 Å². The molecule has 1 aliphatic heterocycles. The van der Waals surface area contributed by atoms with Gasteiger partial charge >= 0.3 is 6.03 Å². The van der Waals surface area contributed by atoms with Crippen LogP contribution in [0.5, 0.6) is 5.75 Å². The number of rotatable bonds is 3. The van der Waals surface area contributed by atoms with Gasteiger partial charge in [0.25, 0.3) is 0 Å². The predicted octanol–water partition coefficient (Wildman–Crippen LogP) is 7.02. The molecule has 35 heavy (non-hydrogen) atoms. The fraction of sp³-hybridized carbons (Fsp3) is 0.407. The van der Waals surface area contributed by atoms with Crippen LogP contribution in [-0.4, -0.2) is 53.6 Å². The van der Waals surface area contributed by atoms with Gasteiger partial charge in [-0.15, -0.1) is 0 Å². The summed E-state index contributed by atoms with van der Waals surface area (Å²) in [5.41, 5.74) is 4.13. The molecule has 6 nitrogen and oxygen atoms in total. The number of anilines is 1. The van der Waals surface area contributed by atoms with Gasteiger partial charge in [-0.25, -0.2) is 4.79 Å². The Kier molecular flexibility index (Phi) is 8.05. The number of amides is 2. The molecule has 0 saturated heterocycles. The lowest BCUT2D eigenvalue weighted by Gasteiger charge is -2.26. The van der Waals surface area contributed by atoms with Gasteiger partial charge in [0.15, 0.2) is 5.75 Å². The van der Waals surface area contributed by atoms with Crippen LogP contribution in [-0.2, 0) is 6.54 Å². The number of phenolic OH excluding ortho intramolecular Hbond substituents is 1. The number of benzene rings is 2. The standard InChI is InChI=1S/C18H13Cl2N3O2.C9H19N/c1-23-8-11-7-21-15-3-2-9(4-12(15)16(11)22-18(23)25)10-5-13(19)17(24)14(20)6-10;1-10(2)8-9-6-4-3-5-7-9/h2-7,24H,8H2,1H3,(H,22,25);9H,3-8H2,1-2H3. The molecule has 0 radical (unpaired) electrons. The van der Waals surface area contributed by atoms with E-state index >= 15 is 0 Å². The molecule has 0 bridgehead atoms. The van der Waals surface area contributed by atoms with E-state index in [1.807, 2.05) is 18.2 Å². The minimum absolute atomic E-state index is 0.137. The molecule has 2 aromatic carbocycles. The van der Waals surface area contributed by atoms with Crippen molar-refractivity contribution in [2.45, 2.75) is 38.6 Å². The zero-order chi connectivity index (χ0) is 25.1. The number of aromatic nitrogens is 1. The summed E-state index contributed by atoms with van der Waals surface area (Å²) in [5, 5.41) is 13.9. The monoisotopic (exact) mass is 514 g/mol. The number of halogens is 2. The molecule has 2 aliphatic rings. The summed E-state index contributed by atoms with van der Waals surface area (Å²) in [5.74, 6) is 0.867. The normalized spacial score (nSPS) is 16.1. The van der Waals surface area contributed by atoms with Crippen molar-refractivity contribution in [3.05, 3.63) is 52.1 Å². The summed E-state index contributed by atoms with van der Waals surface area (Å²) in [6, 6.07) is 8.87. The number of carbonyl (C=O) groups is 1. The molecule has 1 aliphatic carbocycles. The molecule has 2 amide bonds. The highest BCUT2D eigenvalue weighted by Crippen LogP contribution is 2.38. The van der Waals surface area contributed by atoms with Gasteiger partial charge in [0.1, 0.15) is 0 Å². The van der Waals surface area contributed by atoms with Crippen LogP contribution in [0.15, 0.2) is 36.5 Å². The number of phenols is 1. The van der Waals surface area contributed by atoms with Crippen molar-refractivity contribution in [3.8, 4) is 16.9 Å². The zero-order valence-corrected chi connectivity index (χ0v) is 22.0. The first kappa shape index (κ1) is 25.5. The predicted molar refractivity (Wildman–Crippen MR) is 144 cm³/mol. The highest BCUT2D eigenvalue weighted by atomic mass is 35.5. The second-order valence-electron chi connectivity index (χ2n) is 9.73. The van der Waals surface area contributed by atoms with Crippen molar-refractivity contribution < 1.29 is 9.90 Å². The number of aromatic hydroxyl groups is 1. The Balaban J connectivity index is 0.000000243. The van der Waals surface area contributed by atoms with Gasteiger partial charge in [-0.2, -0.15) is 0 Å². The summed E-state index contributed by atoms with van der Waals surface area (Å²) < 4.78 is 0. The van der Waals surface area contributed by atoms with Gasteiger partial charge in [0, 0.05) is 30.7 Å². The topological polar surface area (TPSA) is 68.7 Å². The van der Waals surface area contributed by atoms with Gasteiger partial charge < -0.3 is 20.2 Å². The summed E-state index contributed by atoms with van der Waals surface area (Å²) in [6.07, 6.45) is 9.14. The average Bonchev–Trinajstić information content (AvgIpc) is 2.83. The van der Waals surface area contributed by atoms with Gasteiger partial charge in [-0.3, -0.25) is 4.98 Å². The number of urea groups is 1. The van der Waals surface area contributed by atoms with Crippen LogP contribution in [0.1, 0.15) is 37.7 Å².